The first-order valence-electron chi connectivity index (χ1n) is 14.3. The zero-order chi connectivity index (χ0) is 36.0. The van der Waals surface area contributed by atoms with Crippen molar-refractivity contribution in [2.75, 3.05) is 29.7 Å². The third-order valence-electron chi connectivity index (χ3n) is 6.20. The lowest BCUT2D eigenvalue weighted by molar-refractivity contribution is 0.0686. The topological polar surface area (TPSA) is 248 Å². The number of allylic oxidation sites excluding steroid dienone is 2. The maximum Gasteiger partial charge on any atom is 0.335 e. The van der Waals surface area contributed by atoms with E-state index in [1.54, 1.807) is 48.6 Å². The molecule has 2 aliphatic rings. The van der Waals surface area contributed by atoms with Gasteiger partial charge in [0.2, 0.25) is 0 Å². The fourth-order valence-electron chi connectivity index (χ4n) is 3.97. The first-order chi connectivity index (χ1) is 24.0. The molecule has 0 aromatic heterocycles. The Bertz CT molecular complexity index is 1710. The van der Waals surface area contributed by atoms with Crippen molar-refractivity contribution in [1.29, 1.82) is 0 Å². The summed E-state index contributed by atoms with van der Waals surface area (Å²) >= 11 is 11.9. The number of nitrogens with zero attached hydrogens (tertiary/aromatic N) is 6. The summed E-state index contributed by atoms with van der Waals surface area (Å²) in [5.74, 6) is -2.16. The van der Waals surface area contributed by atoms with E-state index in [9.17, 15) is 24.6 Å². The molecule has 0 saturated carbocycles. The number of benzene rings is 3. The van der Waals surface area contributed by atoms with Gasteiger partial charge in [0.15, 0.2) is 11.6 Å². The highest BCUT2D eigenvalue weighted by Gasteiger charge is 2.17. The van der Waals surface area contributed by atoms with Gasteiger partial charge in [0.05, 0.1) is 64.0 Å². The Morgan fingerprint density at radius 2 is 1.08 bits per heavy atom. The Morgan fingerprint density at radius 1 is 0.680 bits per heavy atom. The molecule has 3 aromatic rings. The Morgan fingerprint density at radius 3 is 1.44 bits per heavy atom. The molecular formula is C29H31Cl2N13O6. The van der Waals surface area contributed by atoms with Crippen LogP contribution in [0.5, 0.6) is 0 Å². The van der Waals surface area contributed by atoms with E-state index in [2.05, 4.69) is 42.8 Å². The summed E-state index contributed by atoms with van der Waals surface area (Å²) in [5.41, 5.74) is 25.4. The number of hydrazine groups is 6. The van der Waals surface area contributed by atoms with Crippen LogP contribution in [0.3, 0.4) is 0 Å². The number of nitrogen functional groups attached to an aromatic ring is 1. The molecule has 2 aliphatic heterocycles. The third kappa shape index (κ3) is 11.1. The Hall–Kier alpha value is -6.41. The molecule has 0 spiro atoms. The molecule has 0 unspecified atom stereocenters. The van der Waals surface area contributed by atoms with Gasteiger partial charge in [-0.1, -0.05) is 18.2 Å². The van der Waals surface area contributed by atoms with Crippen molar-refractivity contribution in [2.24, 2.45) is 10.2 Å². The molecule has 21 heteroatoms. The second-order valence-corrected chi connectivity index (χ2v) is 10.4. The van der Waals surface area contributed by atoms with Gasteiger partial charge in [-0.05, 0) is 54.6 Å². The van der Waals surface area contributed by atoms with E-state index in [-0.39, 0.29) is 16.7 Å². The number of rotatable bonds is 14. The average Bonchev–Trinajstić information content (AvgIpc) is 3.09. The summed E-state index contributed by atoms with van der Waals surface area (Å²) in [4.78, 5) is 33.1. The fraction of sp³-hybridized carbons (Fsp3) is 0.0690. The van der Waals surface area contributed by atoms with Crippen molar-refractivity contribution in [3.8, 4) is 0 Å². The second-order valence-electron chi connectivity index (χ2n) is 9.79. The summed E-state index contributed by atoms with van der Waals surface area (Å²) < 4.78 is 1.96. The number of aromatic carboxylic acids is 3. The van der Waals surface area contributed by atoms with Crippen molar-refractivity contribution in [3.63, 3.8) is 0 Å². The number of anilines is 3. The number of carboxylic acids is 3. The smallest absolute Gasteiger partial charge is 0.335 e. The van der Waals surface area contributed by atoms with Crippen LogP contribution in [0.2, 0.25) is 0 Å². The van der Waals surface area contributed by atoms with Crippen molar-refractivity contribution in [2.45, 2.75) is 0 Å². The third-order valence-corrected chi connectivity index (χ3v) is 6.54. The molecule has 0 fully saturated rings. The summed E-state index contributed by atoms with van der Waals surface area (Å²) in [6.45, 7) is 0.618. The SMILES string of the molecule is Nc1cccc(C(=O)O)c1.O=C(O)c1cccc(NN(NCCNN(Nc2cccc(C(=O)O)c2)C2=CC=NN(Cl)N2)C2=CC=NN(Cl)N2)c1. The van der Waals surface area contributed by atoms with Gasteiger partial charge in [0.1, 0.15) is 0 Å². The Labute approximate surface area is 294 Å². The molecule has 3 aromatic carbocycles. The van der Waals surface area contributed by atoms with Crippen LogP contribution in [0.15, 0.2) is 107 Å². The van der Waals surface area contributed by atoms with Gasteiger partial charge < -0.3 is 21.1 Å². The lowest BCUT2D eigenvalue weighted by Gasteiger charge is -2.33. The van der Waals surface area contributed by atoms with E-state index >= 15 is 0 Å². The van der Waals surface area contributed by atoms with E-state index in [0.29, 0.717) is 41.8 Å². The maximum atomic E-state index is 11.4. The van der Waals surface area contributed by atoms with Gasteiger partial charge in [-0.2, -0.15) is 0 Å². The van der Waals surface area contributed by atoms with Gasteiger partial charge in [-0.25, -0.2) is 46.3 Å². The molecule has 11 N–H and O–H groups in total. The number of carboxylic acid groups (broad SMARTS) is 3. The van der Waals surface area contributed by atoms with Gasteiger partial charge >= 0.3 is 17.9 Å². The number of carbonyl (C=O) groups is 3. The highest BCUT2D eigenvalue weighted by Crippen LogP contribution is 2.15. The van der Waals surface area contributed by atoms with Crippen LogP contribution < -0.4 is 38.3 Å². The standard InChI is InChI=1S/C22H24Cl2N12O4.C7H7NO2/c23-35-27-9-7-19(31-35)33(29-17-5-1-3-15(13-17)21(37)38)25-11-12-26-34(20-8-10-28-36(24)32-20)30-18-6-2-4-16(14-18)22(39)40;8-6-3-1-2-5(4-6)7(9)10/h1-10,13-14,25-26,29-32H,11-12H2,(H,37,38)(H,39,40);1-4H,8H2,(H,9,10). The number of hydrazone groups is 2. The van der Waals surface area contributed by atoms with Crippen LogP contribution in [0.4, 0.5) is 17.1 Å². The molecular weight excluding hydrogens is 697 g/mol. The van der Waals surface area contributed by atoms with E-state index < -0.39 is 17.9 Å². The van der Waals surface area contributed by atoms with Crippen LogP contribution in [-0.2, 0) is 0 Å². The van der Waals surface area contributed by atoms with Gasteiger partial charge in [0, 0.05) is 30.9 Å². The number of halogens is 2. The molecule has 50 heavy (non-hydrogen) atoms. The minimum atomic E-state index is -1.06. The number of hydrogen-bond donors (Lipinski definition) is 10. The number of hydrogen-bond acceptors (Lipinski definition) is 16. The van der Waals surface area contributed by atoms with Gasteiger partial charge in [0.25, 0.3) is 0 Å². The lowest BCUT2D eigenvalue weighted by atomic mass is 10.2. The quantitative estimate of drug-likeness (QED) is 0.0496. The number of nitrogens with two attached hydrogens (primary N) is 1. The predicted octanol–water partition coefficient (Wildman–Crippen LogP) is 2.62. The molecule has 0 amide bonds. The van der Waals surface area contributed by atoms with Gasteiger partial charge in [-0.15, -0.1) is 19.5 Å². The van der Waals surface area contributed by atoms with Crippen molar-refractivity contribution in [1.82, 2.24) is 41.2 Å². The summed E-state index contributed by atoms with van der Waals surface area (Å²) in [5, 5.41) is 37.8. The largest absolute Gasteiger partial charge is 0.478 e. The van der Waals surface area contributed by atoms with E-state index in [1.807, 2.05) is 0 Å². The van der Waals surface area contributed by atoms with Crippen LogP contribution in [0, 0.1) is 0 Å². The highest BCUT2D eigenvalue weighted by molar-refractivity contribution is 6.13. The summed E-state index contributed by atoms with van der Waals surface area (Å²) in [7, 11) is 0. The fourth-order valence-corrected chi connectivity index (χ4v) is 4.25. The van der Waals surface area contributed by atoms with Crippen molar-refractivity contribution >= 4 is 71.0 Å². The van der Waals surface area contributed by atoms with E-state index in [0.717, 1.165) is 9.27 Å². The molecule has 0 bridgehead atoms. The molecule has 2 heterocycles. The van der Waals surface area contributed by atoms with Crippen LogP contribution in [0.25, 0.3) is 0 Å². The predicted molar refractivity (Wildman–Crippen MR) is 186 cm³/mol. The molecule has 0 atom stereocenters. The van der Waals surface area contributed by atoms with Crippen LogP contribution >= 0.6 is 23.6 Å². The summed E-state index contributed by atoms with van der Waals surface area (Å²) in [6, 6.07) is 18.7. The normalized spacial score (nSPS) is 13.0. The second kappa shape index (κ2) is 17.7. The van der Waals surface area contributed by atoms with Crippen molar-refractivity contribution in [3.05, 3.63) is 113 Å². The highest BCUT2D eigenvalue weighted by atomic mass is 35.5. The molecule has 0 saturated heterocycles. The molecule has 19 nitrogen and oxygen atoms in total. The average molecular weight is 729 g/mol. The van der Waals surface area contributed by atoms with Crippen molar-refractivity contribution < 1.29 is 29.7 Å². The molecule has 0 radical (unpaired) electrons. The maximum absolute atomic E-state index is 11.4. The lowest BCUT2D eigenvalue weighted by Crippen LogP contribution is -2.53. The Balaban J connectivity index is 0.000000482. The minimum Gasteiger partial charge on any atom is -0.478 e. The zero-order valence-electron chi connectivity index (χ0n) is 25.7. The monoisotopic (exact) mass is 727 g/mol. The Kier molecular flexibility index (Phi) is 12.9. The minimum absolute atomic E-state index is 0.108. The number of nitrogens with one attached hydrogen (secondary N) is 6. The van der Waals surface area contributed by atoms with Crippen LogP contribution in [0.1, 0.15) is 31.1 Å². The molecule has 262 valence electrons. The first kappa shape index (κ1) is 36.4. The first-order valence-corrected chi connectivity index (χ1v) is 15.0. The van der Waals surface area contributed by atoms with E-state index in [4.69, 9.17) is 34.4 Å². The summed E-state index contributed by atoms with van der Waals surface area (Å²) in [6.07, 6.45) is 6.22. The molecule has 0 aliphatic carbocycles. The zero-order valence-corrected chi connectivity index (χ0v) is 27.2. The van der Waals surface area contributed by atoms with Crippen LogP contribution in [-0.4, -0.2) is 78.3 Å². The van der Waals surface area contributed by atoms with Gasteiger partial charge in [-0.3, -0.25) is 10.9 Å². The van der Waals surface area contributed by atoms with E-state index in [1.165, 1.54) is 59.1 Å². The molecule has 5 rings (SSSR count).